The van der Waals surface area contributed by atoms with Gasteiger partial charge in [0.2, 0.25) is 11.6 Å². The molecule has 0 fully saturated rings. The summed E-state index contributed by atoms with van der Waals surface area (Å²) >= 11 is 0. The molecule has 1 aliphatic rings. The number of Topliss-reactive ketones (excluding diaryl/α,β-unsaturated/α-hetero) is 2. The van der Waals surface area contributed by atoms with Gasteiger partial charge in [-0.1, -0.05) is 30.3 Å². The van der Waals surface area contributed by atoms with Crippen LogP contribution in [-0.2, 0) is 4.79 Å². The average Bonchev–Trinajstić information content (AvgIpc) is 2.43. The molecule has 3 rings (SSSR count). The summed E-state index contributed by atoms with van der Waals surface area (Å²) in [5, 5.41) is 19.1. The number of fused-ring (bicyclic) bond motifs is 1. The third kappa shape index (κ3) is 1.80. The number of phenolic OH excluding ortho intramolecular Hbond substituents is 2. The van der Waals surface area contributed by atoms with Crippen LogP contribution in [0.5, 0.6) is 17.2 Å². The topological polar surface area (TPSA) is 83.8 Å². The first-order valence-electron chi connectivity index (χ1n) is 5.94. The van der Waals surface area contributed by atoms with E-state index >= 15 is 0 Å². The fourth-order valence-electron chi connectivity index (χ4n) is 2.18. The number of benzene rings is 2. The number of ketones is 2. The molecule has 0 amide bonds. The third-order valence-electron chi connectivity index (χ3n) is 3.10. The zero-order chi connectivity index (χ0) is 14.3. The largest absolute Gasteiger partial charge is 0.508 e. The Morgan fingerprint density at radius 1 is 1.00 bits per heavy atom. The van der Waals surface area contributed by atoms with E-state index in [0.29, 0.717) is 5.56 Å². The Kier molecular flexibility index (Phi) is 2.68. The van der Waals surface area contributed by atoms with Crippen molar-refractivity contribution in [2.45, 2.75) is 6.10 Å². The Bertz CT molecular complexity index is 706. The Morgan fingerprint density at radius 3 is 2.40 bits per heavy atom. The van der Waals surface area contributed by atoms with Crippen molar-refractivity contribution >= 4 is 11.6 Å². The van der Waals surface area contributed by atoms with Gasteiger partial charge in [-0.15, -0.1) is 0 Å². The van der Waals surface area contributed by atoms with Gasteiger partial charge in [-0.3, -0.25) is 9.59 Å². The van der Waals surface area contributed by atoms with Gasteiger partial charge in [0.15, 0.2) is 6.10 Å². The first-order valence-corrected chi connectivity index (χ1v) is 5.94. The molecule has 0 bridgehead atoms. The van der Waals surface area contributed by atoms with Gasteiger partial charge in [0.1, 0.15) is 22.8 Å². The van der Waals surface area contributed by atoms with Gasteiger partial charge in [0, 0.05) is 17.7 Å². The number of hydrogen-bond donors (Lipinski definition) is 2. The predicted octanol–water partition coefficient (Wildman–Crippen LogP) is 1.98. The Morgan fingerprint density at radius 2 is 1.70 bits per heavy atom. The van der Waals surface area contributed by atoms with E-state index in [1.807, 2.05) is 0 Å². The first kappa shape index (κ1) is 12.2. The van der Waals surface area contributed by atoms with Gasteiger partial charge in [0.25, 0.3) is 0 Å². The molecule has 1 atom stereocenters. The third-order valence-corrected chi connectivity index (χ3v) is 3.10. The maximum Gasteiger partial charge on any atom is 0.248 e. The van der Waals surface area contributed by atoms with Gasteiger partial charge < -0.3 is 14.9 Å². The molecule has 2 aromatic carbocycles. The maximum atomic E-state index is 12.1. The quantitative estimate of drug-likeness (QED) is 0.774. The predicted molar refractivity (Wildman–Crippen MR) is 68.9 cm³/mol. The average molecular weight is 270 g/mol. The maximum absolute atomic E-state index is 12.1. The van der Waals surface area contributed by atoms with E-state index in [4.69, 9.17) is 4.74 Å². The molecule has 2 aromatic rings. The van der Waals surface area contributed by atoms with Crippen LogP contribution < -0.4 is 4.74 Å². The molecular formula is C15H10O5. The first-order chi connectivity index (χ1) is 9.58. The van der Waals surface area contributed by atoms with Crippen LogP contribution in [0.1, 0.15) is 22.0 Å². The van der Waals surface area contributed by atoms with E-state index in [9.17, 15) is 19.8 Å². The smallest absolute Gasteiger partial charge is 0.248 e. The minimum absolute atomic E-state index is 0.000882. The van der Waals surface area contributed by atoms with E-state index < -0.39 is 23.4 Å². The van der Waals surface area contributed by atoms with Crippen molar-refractivity contribution in [3.63, 3.8) is 0 Å². The molecule has 0 saturated carbocycles. The molecule has 1 aliphatic heterocycles. The van der Waals surface area contributed by atoms with Crippen LogP contribution in [-0.4, -0.2) is 21.8 Å². The number of rotatable bonds is 1. The normalized spacial score (nSPS) is 17.5. The number of phenols is 2. The molecule has 20 heavy (non-hydrogen) atoms. The highest BCUT2D eigenvalue weighted by Crippen LogP contribution is 2.40. The number of carbonyl (C=O) groups is 2. The summed E-state index contributed by atoms with van der Waals surface area (Å²) in [4.78, 5) is 24.1. The fraction of sp³-hybridized carbons (Fsp3) is 0.0667. The van der Waals surface area contributed by atoms with Crippen molar-refractivity contribution in [1.82, 2.24) is 0 Å². The lowest BCUT2D eigenvalue weighted by Gasteiger charge is -2.24. The second kappa shape index (κ2) is 4.38. The zero-order valence-electron chi connectivity index (χ0n) is 10.2. The molecule has 0 saturated heterocycles. The number of hydrogen-bond acceptors (Lipinski definition) is 5. The lowest BCUT2D eigenvalue weighted by atomic mass is 9.94. The van der Waals surface area contributed by atoms with Crippen molar-refractivity contribution < 1.29 is 24.5 Å². The van der Waals surface area contributed by atoms with Gasteiger partial charge in [0.05, 0.1) is 0 Å². The molecule has 2 N–H and O–H groups in total. The lowest BCUT2D eigenvalue weighted by Crippen LogP contribution is -2.31. The van der Waals surface area contributed by atoms with Crippen molar-refractivity contribution in [2.75, 3.05) is 0 Å². The summed E-state index contributed by atoms with van der Waals surface area (Å²) in [5.41, 5.74) is 0.333. The van der Waals surface area contributed by atoms with E-state index in [2.05, 4.69) is 0 Å². The molecular weight excluding hydrogens is 260 g/mol. The number of carbonyl (C=O) groups excluding carboxylic acids is 2. The van der Waals surface area contributed by atoms with E-state index in [0.717, 1.165) is 6.07 Å². The lowest BCUT2D eigenvalue weighted by molar-refractivity contribution is -0.122. The van der Waals surface area contributed by atoms with Crippen LogP contribution in [0.4, 0.5) is 0 Å². The summed E-state index contributed by atoms with van der Waals surface area (Å²) in [6.07, 6.45) is -1.06. The van der Waals surface area contributed by atoms with Crippen LogP contribution in [0.25, 0.3) is 0 Å². The fourth-order valence-corrected chi connectivity index (χ4v) is 2.18. The van der Waals surface area contributed by atoms with E-state index in [1.54, 1.807) is 30.3 Å². The van der Waals surface area contributed by atoms with Gasteiger partial charge >= 0.3 is 0 Å². The molecule has 1 heterocycles. The Balaban J connectivity index is 2.12. The number of aromatic hydroxyl groups is 2. The summed E-state index contributed by atoms with van der Waals surface area (Å²) < 4.78 is 5.47. The van der Waals surface area contributed by atoms with E-state index in [1.165, 1.54) is 6.07 Å². The van der Waals surface area contributed by atoms with Crippen molar-refractivity contribution in [3.8, 4) is 17.2 Å². The molecule has 5 heteroatoms. The van der Waals surface area contributed by atoms with Crippen LogP contribution >= 0.6 is 0 Å². The Hall–Kier alpha value is -2.82. The molecule has 0 spiro atoms. The van der Waals surface area contributed by atoms with E-state index in [-0.39, 0.29) is 17.1 Å². The highest BCUT2D eigenvalue weighted by Gasteiger charge is 2.38. The molecule has 0 radical (unpaired) electrons. The van der Waals surface area contributed by atoms with Crippen LogP contribution in [0.15, 0.2) is 42.5 Å². The molecule has 0 aliphatic carbocycles. The molecule has 0 unspecified atom stereocenters. The van der Waals surface area contributed by atoms with Crippen LogP contribution in [0.2, 0.25) is 0 Å². The summed E-state index contributed by atoms with van der Waals surface area (Å²) in [7, 11) is 0. The second-order valence-corrected chi connectivity index (χ2v) is 4.44. The summed E-state index contributed by atoms with van der Waals surface area (Å²) in [6.45, 7) is 0. The van der Waals surface area contributed by atoms with Crippen molar-refractivity contribution in [2.24, 2.45) is 0 Å². The number of ether oxygens (including phenoxy) is 1. The second-order valence-electron chi connectivity index (χ2n) is 4.44. The summed E-state index contributed by atoms with van der Waals surface area (Å²) in [5.74, 6) is -2.27. The Labute approximate surface area is 114 Å². The minimum Gasteiger partial charge on any atom is -0.508 e. The molecule has 0 aromatic heterocycles. The highest BCUT2D eigenvalue weighted by molar-refractivity contribution is 6.47. The zero-order valence-corrected chi connectivity index (χ0v) is 10.2. The van der Waals surface area contributed by atoms with Gasteiger partial charge in [-0.05, 0) is 0 Å². The van der Waals surface area contributed by atoms with Gasteiger partial charge in [-0.2, -0.15) is 0 Å². The highest BCUT2D eigenvalue weighted by atomic mass is 16.5. The standard InChI is InChI=1S/C15H10O5/c16-9-6-10(17)12-11(7-9)20-15(14(19)13(12)18)8-4-2-1-3-5-8/h1-7,15-17H/t15-/m1/s1. The van der Waals surface area contributed by atoms with Crippen LogP contribution in [0.3, 0.4) is 0 Å². The monoisotopic (exact) mass is 270 g/mol. The molecule has 5 nitrogen and oxygen atoms in total. The molecule has 100 valence electrons. The van der Waals surface area contributed by atoms with Crippen molar-refractivity contribution in [3.05, 3.63) is 53.6 Å². The minimum atomic E-state index is -1.06. The SMILES string of the molecule is O=C1C(=O)[C@@H](c2ccccc2)Oc2cc(O)cc(O)c21. The van der Waals surface area contributed by atoms with Crippen molar-refractivity contribution in [1.29, 1.82) is 0 Å². The van der Waals surface area contributed by atoms with Gasteiger partial charge in [-0.25, -0.2) is 0 Å². The van der Waals surface area contributed by atoms with Crippen LogP contribution in [0, 0.1) is 0 Å². The summed E-state index contributed by atoms with van der Waals surface area (Å²) in [6, 6.07) is 10.8.